The Kier molecular flexibility index (Phi) is 8.81. The highest BCUT2D eigenvalue weighted by molar-refractivity contribution is 6.40. The van der Waals surface area contributed by atoms with Gasteiger partial charge in [0.1, 0.15) is 5.75 Å². The molecule has 0 spiro atoms. The van der Waals surface area contributed by atoms with E-state index in [2.05, 4.69) is 15.8 Å². The van der Waals surface area contributed by atoms with Crippen molar-refractivity contribution in [2.45, 2.75) is 0 Å². The molecule has 0 atom stereocenters. The number of nitrogens with one attached hydrogen (secondary N) is 2. The number of carbonyl (C=O) groups is 4. The van der Waals surface area contributed by atoms with Crippen molar-refractivity contribution in [3.8, 4) is 5.75 Å². The van der Waals surface area contributed by atoms with Gasteiger partial charge in [-0.15, -0.1) is 0 Å². The van der Waals surface area contributed by atoms with Gasteiger partial charge in [0.15, 0.2) is 0 Å². The zero-order valence-electron chi connectivity index (χ0n) is 20.1. The van der Waals surface area contributed by atoms with Crippen molar-refractivity contribution >= 4 is 47.2 Å². The van der Waals surface area contributed by atoms with Crippen molar-refractivity contribution in [2.75, 3.05) is 31.6 Å². The Morgan fingerprint density at radius 3 is 2.24 bits per heavy atom. The molecule has 0 aliphatic carbocycles. The molecule has 3 aromatic carbocycles. The summed E-state index contributed by atoms with van der Waals surface area (Å²) < 4.78 is 10.6. The summed E-state index contributed by atoms with van der Waals surface area (Å²) >= 11 is 6.01. The van der Waals surface area contributed by atoms with Crippen LogP contribution in [-0.4, -0.2) is 61.1 Å². The van der Waals surface area contributed by atoms with Gasteiger partial charge in [0, 0.05) is 13.1 Å². The second kappa shape index (κ2) is 12.6. The summed E-state index contributed by atoms with van der Waals surface area (Å²) in [7, 11) is 0. The number of amides is 3. The van der Waals surface area contributed by atoms with Gasteiger partial charge in [-0.1, -0.05) is 35.9 Å². The van der Waals surface area contributed by atoms with Crippen LogP contribution in [0.3, 0.4) is 0 Å². The first-order valence-corrected chi connectivity index (χ1v) is 12.0. The minimum atomic E-state index is -1.01. The molecule has 1 heterocycles. The van der Waals surface area contributed by atoms with E-state index in [0.717, 1.165) is 0 Å². The predicted molar refractivity (Wildman–Crippen MR) is 140 cm³/mol. The summed E-state index contributed by atoms with van der Waals surface area (Å²) in [5.41, 5.74) is 3.45. The molecule has 0 bridgehead atoms. The Morgan fingerprint density at radius 2 is 1.53 bits per heavy atom. The molecule has 10 nitrogen and oxygen atoms in total. The van der Waals surface area contributed by atoms with E-state index in [1.807, 2.05) is 0 Å². The molecule has 0 aromatic heterocycles. The first kappa shape index (κ1) is 26.5. The quantitative estimate of drug-likeness (QED) is 0.164. The summed E-state index contributed by atoms with van der Waals surface area (Å²) in [5.74, 6) is -2.56. The summed E-state index contributed by atoms with van der Waals surface area (Å²) in [5, 5.41) is 6.53. The fourth-order valence-electron chi connectivity index (χ4n) is 3.52. The molecular formula is C27H23ClN4O6. The van der Waals surface area contributed by atoms with E-state index < -0.39 is 17.8 Å². The second-order valence-corrected chi connectivity index (χ2v) is 8.45. The SMILES string of the molecule is O=C(N/N=C\c1ccc(OC(=O)c2ccccc2Cl)cc1)C(=O)Nc1ccccc1C(=O)N1CCOCC1. The number of nitrogens with zero attached hydrogens (tertiary/aromatic N) is 2. The van der Waals surface area contributed by atoms with Crippen LogP contribution in [0.25, 0.3) is 0 Å². The van der Waals surface area contributed by atoms with Gasteiger partial charge in [0.25, 0.3) is 5.91 Å². The molecule has 1 fully saturated rings. The molecular weight excluding hydrogens is 512 g/mol. The van der Waals surface area contributed by atoms with Gasteiger partial charge in [0.05, 0.1) is 41.3 Å². The van der Waals surface area contributed by atoms with Crippen molar-refractivity contribution in [2.24, 2.45) is 5.10 Å². The number of esters is 1. The van der Waals surface area contributed by atoms with Crippen LogP contribution in [0, 0.1) is 0 Å². The number of para-hydroxylation sites is 1. The molecule has 1 aliphatic heterocycles. The first-order chi connectivity index (χ1) is 18.4. The third-order valence-corrected chi connectivity index (χ3v) is 5.80. The first-order valence-electron chi connectivity index (χ1n) is 11.6. The van der Waals surface area contributed by atoms with Crippen LogP contribution < -0.4 is 15.5 Å². The van der Waals surface area contributed by atoms with Gasteiger partial charge < -0.3 is 19.7 Å². The summed E-state index contributed by atoms with van der Waals surface area (Å²) in [6.07, 6.45) is 1.32. The van der Waals surface area contributed by atoms with Gasteiger partial charge in [0.2, 0.25) is 0 Å². The van der Waals surface area contributed by atoms with Crippen LogP contribution in [0.4, 0.5) is 5.69 Å². The molecule has 4 rings (SSSR count). The topological polar surface area (TPSA) is 126 Å². The Hall–Kier alpha value is -4.54. The summed E-state index contributed by atoms with van der Waals surface area (Å²) in [6, 6.07) is 19.3. The van der Waals surface area contributed by atoms with Gasteiger partial charge in [-0.05, 0) is 54.1 Å². The van der Waals surface area contributed by atoms with Crippen molar-refractivity contribution in [3.05, 3.63) is 94.5 Å². The second-order valence-electron chi connectivity index (χ2n) is 8.04. The van der Waals surface area contributed by atoms with Crippen molar-refractivity contribution < 1.29 is 28.7 Å². The zero-order chi connectivity index (χ0) is 26.9. The van der Waals surface area contributed by atoms with Crippen LogP contribution in [0.5, 0.6) is 5.75 Å². The third-order valence-electron chi connectivity index (χ3n) is 5.47. The van der Waals surface area contributed by atoms with Crippen LogP contribution in [0.1, 0.15) is 26.3 Å². The number of ether oxygens (including phenoxy) is 2. The number of hydrogen-bond donors (Lipinski definition) is 2. The number of benzene rings is 3. The number of hydrazone groups is 1. The summed E-state index contributed by atoms with van der Waals surface area (Å²) in [4.78, 5) is 51.4. The molecule has 194 valence electrons. The van der Waals surface area contributed by atoms with Gasteiger partial charge in [-0.2, -0.15) is 5.10 Å². The lowest BCUT2D eigenvalue weighted by Gasteiger charge is -2.27. The van der Waals surface area contributed by atoms with Gasteiger partial charge >= 0.3 is 17.8 Å². The lowest BCUT2D eigenvalue weighted by Crippen LogP contribution is -2.41. The highest BCUT2D eigenvalue weighted by Gasteiger charge is 2.23. The van der Waals surface area contributed by atoms with Crippen LogP contribution >= 0.6 is 11.6 Å². The van der Waals surface area contributed by atoms with Crippen LogP contribution in [0.15, 0.2) is 77.9 Å². The summed E-state index contributed by atoms with van der Waals surface area (Å²) in [6.45, 7) is 1.77. The average molecular weight is 535 g/mol. The molecule has 1 saturated heterocycles. The molecule has 11 heteroatoms. The number of anilines is 1. The highest BCUT2D eigenvalue weighted by atomic mass is 35.5. The largest absolute Gasteiger partial charge is 0.423 e. The maximum Gasteiger partial charge on any atom is 0.345 e. The predicted octanol–water partition coefficient (Wildman–Crippen LogP) is 3.12. The number of carbonyl (C=O) groups excluding carboxylic acids is 4. The molecule has 2 N–H and O–H groups in total. The lowest BCUT2D eigenvalue weighted by molar-refractivity contribution is -0.136. The van der Waals surface area contributed by atoms with Gasteiger partial charge in [-0.25, -0.2) is 10.2 Å². The molecule has 0 radical (unpaired) electrons. The van der Waals surface area contributed by atoms with Crippen molar-refractivity contribution in [1.29, 1.82) is 0 Å². The molecule has 3 amide bonds. The maximum absolute atomic E-state index is 12.8. The molecule has 0 saturated carbocycles. The molecule has 1 aliphatic rings. The molecule has 38 heavy (non-hydrogen) atoms. The van der Waals surface area contributed by atoms with E-state index in [9.17, 15) is 19.2 Å². The minimum Gasteiger partial charge on any atom is -0.423 e. The maximum atomic E-state index is 12.8. The smallest absolute Gasteiger partial charge is 0.345 e. The van der Waals surface area contributed by atoms with Gasteiger partial charge in [-0.3, -0.25) is 14.4 Å². The fraction of sp³-hybridized carbons (Fsp3) is 0.148. The number of rotatable bonds is 6. The number of morpholine rings is 1. The van der Waals surface area contributed by atoms with Crippen molar-refractivity contribution in [1.82, 2.24) is 10.3 Å². The highest BCUT2D eigenvalue weighted by Crippen LogP contribution is 2.20. The van der Waals surface area contributed by atoms with Crippen molar-refractivity contribution in [3.63, 3.8) is 0 Å². The molecule has 3 aromatic rings. The van der Waals surface area contributed by atoms with E-state index in [-0.39, 0.29) is 27.7 Å². The molecule has 0 unspecified atom stereocenters. The fourth-order valence-corrected chi connectivity index (χ4v) is 3.73. The van der Waals surface area contributed by atoms with E-state index in [4.69, 9.17) is 21.1 Å². The Balaban J connectivity index is 1.30. The Bertz CT molecular complexity index is 1370. The van der Waals surface area contributed by atoms with Crippen LogP contribution in [0.2, 0.25) is 5.02 Å². The van der Waals surface area contributed by atoms with E-state index in [1.54, 1.807) is 77.7 Å². The Labute approximate surface area is 223 Å². The number of halogens is 1. The van der Waals surface area contributed by atoms with E-state index in [1.165, 1.54) is 6.21 Å². The van der Waals surface area contributed by atoms with E-state index in [0.29, 0.717) is 37.6 Å². The van der Waals surface area contributed by atoms with E-state index >= 15 is 0 Å². The lowest BCUT2D eigenvalue weighted by atomic mass is 10.1. The number of hydrogen-bond acceptors (Lipinski definition) is 7. The normalized spacial score (nSPS) is 13.1. The minimum absolute atomic E-state index is 0.218. The monoisotopic (exact) mass is 534 g/mol. The average Bonchev–Trinajstić information content (AvgIpc) is 2.94. The standard InChI is InChI=1S/C27H23ClN4O6/c28-22-7-3-1-5-20(22)27(36)38-19-11-9-18(10-12-19)17-29-31-25(34)24(33)30-23-8-4-2-6-21(23)26(35)32-13-15-37-16-14-32/h1-12,17H,13-16H2,(H,30,33)(H,31,34)/b29-17-. The van der Waals surface area contributed by atoms with Crippen LogP contribution in [-0.2, 0) is 14.3 Å². The zero-order valence-corrected chi connectivity index (χ0v) is 20.8. The Morgan fingerprint density at radius 1 is 0.868 bits per heavy atom. The third kappa shape index (κ3) is 6.81.